The zero-order valence-corrected chi connectivity index (χ0v) is 12.0. The van der Waals surface area contributed by atoms with Gasteiger partial charge in [-0.3, -0.25) is 0 Å². The van der Waals surface area contributed by atoms with Gasteiger partial charge >= 0.3 is 5.97 Å². The monoisotopic (exact) mass is 303 g/mol. The van der Waals surface area contributed by atoms with Gasteiger partial charge in [-0.25, -0.2) is 17.9 Å². The summed E-state index contributed by atoms with van der Waals surface area (Å²) in [6.07, 6.45) is -1.78. The SMILES string of the molecule is CCOc1ccc(S(=O)(=O)NC[C@H](O)C(=O)O)cc1C. The highest BCUT2D eigenvalue weighted by molar-refractivity contribution is 7.89. The third-order valence-electron chi connectivity index (χ3n) is 2.51. The molecule has 0 saturated heterocycles. The summed E-state index contributed by atoms with van der Waals surface area (Å²) in [7, 11) is -3.87. The number of sulfonamides is 1. The Morgan fingerprint density at radius 2 is 2.10 bits per heavy atom. The summed E-state index contributed by atoms with van der Waals surface area (Å²) in [5.74, 6) is -0.910. The zero-order valence-electron chi connectivity index (χ0n) is 11.2. The molecule has 0 aliphatic carbocycles. The molecule has 112 valence electrons. The van der Waals surface area contributed by atoms with Gasteiger partial charge in [0.25, 0.3) is 0 Å². The summed E-state index contributed by atoms with van der Waals surface area (Å²) in [4.78, 5) is 10.4. The average Bonchev–Trinajstić information content (AvgIpc) is 2.38. The topological polar surface area (TPSA) is 113 Å². The number of rotatable bonds is 7. The van der Waals surface area contributed by atoms with E-state index in [1.807, 2.05) is 11.6 Å². The molecule has 1 aromatic rings. The minimum absolute atomic E-state index is 0.0176. The van der Waals surface area contributed by atoms with Crippen molar-refractivity contribution in [3.8, 4) is 5.75 Å². The normalized spacial score (nSPS) is 12.9. The predicted octanol–water partition coefficient (Wildman–Crippen LogP) is 0.118. The fourth-order valence-electron chi connectivity index (χ4n) is 1.47. The number of aryl methyl sites for hydroxylation is 1. The molecule has 0 aromatic heterocycles. The van der Waals surface area contributed by atoms with Gasteiger partial charge in [0.2, 0.25) is 10.0 Å². The molecule has 0 amide bonds. The van der Waals surface area contributed by atoms with Gasteiger partial charge in [-0.15, -0.1) is 0 Å². The van der Waals surface area contributed by atoms with E-state index in [0.29, 0.717) is 17.9 Å². The quantitative estimate of drug-likeness (QED) is 0.659. The highest BCUT2D eigenvalue weighted by Crippen LogP contribution is 2.21. The lowest BCUT2D eigenvalue weighted by molar-refractivity contribution is -0.146. The Morgan fingerprint density at radius 3 is 2.60 bits per heavy atom. The van der Waals surface area contributed by atoms with Crippen LogP contribution < -0.4 is 9.46 Å². The van der Waals surface area contributed by atoms with Gasteiger partial charge in [-0.1, -0.05) is 0 Å². The van der Waals surface area contributed by atoms with Crippen molar-refractivity contribution in [3.05, 3.63) is 23.8 Å². The van der Waals surface area contributed by atoms with E-state index in [9.17, 15) is 13.2 Å². The number of carboxylic acids is 1. The van der Waals surface area contributed by atoms with E-state index >= 15 is 0 Å². The van der Waals surface area contributed by atoms with E-state index in [2.05, 4.69) is 0 Å². The highest BCUT2D eigenvalue weighted by atomic mass is 32.2. The maximum absolute atomic E-state index is 11.9. The largest absolute Gasteiger partial charge is 0.494 e. The molecule has 1 atom stereocenters. The molecule has 0 radical (unpaired) electrons. The molecule has 0 spiro atoms. The summed E-state index contributed by atoms with van der Waals surface area (Å²) in [5, 5.41) is 17.5. The van der Waals surface area contributed by atoms with Crippen LogP contribution in [0.15, 0.2) is 23.1 Å². The molecule has 0 aliphatic heterocycles. The van der Waals surface area contributed by atoms with Gasteiger partial charge in [0.05, 0.1) is 11.5 Å². The summed E-state index contributed by atoms with van der Waals surface area (Å²) in [5.41, 5.74) is 0.647. The predicted molar refractivity (Wildman–Crippen MR) is 71.2 cm³/mol. The fourth-order valence-corrected chi connectivity index (χ4v) is 2.59. The molecular weight excluding hydrogens is 286 g/mol. The second-order valence-electron chi connectivity index (χ2n) is 4.07. The Morgan fingerprint density at radius 1 is 1.45 bits per heavy atom. The molecule has 0 heterocycles. The number of hydrogen-bond acceptors (Lipinski definition) is 5. The van der Waals surface area contributed by atoms with Crippen molar-refractivity contribution < 1.29 is 28.2 Å². The number of benzene rings is 1. The van der Waals surface area contributed by atoms with Gasteiger partial charge in [0.15, 0.2) is 6.10 Å². The number of carboxylic acid groups (broad SMARTS) is 1. The lowest BCUT2D eigenvalue weighted by Crippen LogP contribution is -2.36. The molecule has 7 nitrogen and oxygen atoms in total. The Kier molecular flexibility index (Phi) is 5.49. The van der Waals surface area contributed by atoms with Crippen LogP contribution in [0.1, 0.15) is 12.5 Å². The van der Waals surface area contributed by atoms with Crippen LogP contribution in [0.4, 0.5) is 0 Å². The van der Waals surface area contributed by atoms with Gasteiger partial charge in [0, 0.05) is 6.54 Å². The third kappa shape index (κ3) is 4.19. The molecule has 20 heavy (non-hydrogen) atoms. The molecule has 1 aromatic carbocycles. The summed E-state index contributed by atoms with van der Waals surface area (Å²) >= 11 is 0. The van der Waals surface area contributed by atoms with Crippen molar-refractivity contribution in [2.75, 3.05) is 13.2 Å². The zero-order chi connectivity index (χ0) is 15.3. The van der Waals surface area contributed by atoms with Crippen molar-refractivity contribution in [1.29, 1.82) is 0 Å². The summed E-state index contributed by atoms with van der Waals surface area (Å²) < 4.78 is 31.2. The van der Waals surface area contributed by atoms with Crippen molar-refractivity contribution in [3.63, 3.8) is 0 Å². The van der Waals surface area contributed by atoms with Crippen molar-refractivity contribution >= 4 is 16.0 Å². The van der Waals surface area contributed by atoms with Crippen LogP contribution in [0.5, 0.6) is 5.75 Å². The van der Waals surface area contributed by atoms with Crippen LogP contribution in [-0.4, -0.2) is 43.9 Å². The minimum atomic E-state index is -3.87. The van der Waals surface area contributed by atoms with Crippen molar-refractivity contribution in [2.24, 2.45) is 0 Å². The second kappa shape index (κ2) is 6.69. The van der Waals surface area contributed by atoms with Gasteiger partial charge < -0.3 is 14.9 Å². The van der Waals surface area contributed by atoms with Crippen LogP contribution in [0.25, 0.3) is 0 Å². The third-order valence-corrected chi connectivity index (χ3v) is 3.93. The molecule has 3 N–H and O–H groups in total. The minimum Gasteiger partial charge on any atom is -0.494 e. The van der Waals surface area contributed by atoms with E-state index in [4.69, 9.17) is 14.9 Å². The Balaban J connectivity index is 2.88. The Labute approximate surface area is 117 Å². The van der Waals surface area contributed by atoms with Crippen LogP contribution in [0, 0.1) is 6.92 Å². The first kappa shape index (κ1) is 16.4. The van der Waals surface area contributed by atoms with Crippen molar-refractivity contribution in [2.45, 2.75) is 24.8 Å². The first-order valence-corrected chi connectivity index (χ1v) is 7.40. The van der Waals surface area contributed by atoms with Crippen molar-refractivity contribution in [1.82, 2.24) is 4.72 Å². The number of aliphatic hydroxyl groups excluding tert-OH is 1. The van der Waals surface area contributed by atoms with Crippen LogP contribution >= 0.6 is 0 Å². The molecular formula is C12H17NO6S. The van der Waals surface area contributed by atoms with E-state index in [1.165, 1.54) is 18.2 Å². The first-order chi connectivity index (χ1) is 9.27. The van der Waals surface area contributed by atoms with E-state index in [1.54, 1.807) is 6.92 Å². The van der Waals surface area contributed by atoms with E-state index in [-0.39, 0.29) is 4.90 Å². The maximum atomic E-state index is 11.9. The Bertz CT molecular complexity index is 584. The van der Waals surface area contributed by atoms with Crippen LogP contribution in [0.3, 0.4) is 0 Å². The molecule has 0 fully saturated rings. The molecule has 1 rings (SSSR count). The number of aliphatic hydroxyl groups is 1. The average molecular weight is 303 g/mol. The standard InChI is InChI=1S/C12H17NO6S/c1-3-19-11-5-4-9(6-8(11)2)20(17,18)13-7-10(14)12(15)16/h4-6,10,13-14H,3,7H2,1-2H3,(H,15,16)/t10-/m0/s1. The number of carbonyl (C=O) groups is 1. The highest BCUT2D eigenvalue weighted by Gasteiger charge is 2.20. The number of aliphatic carboxylic acids is 1. The molecule has 0 aliphatic rings. The second-order valence-corrected chi connectivity index (χ2v) is 5.83. The number of hydrogen-bond donors (Lipinski definition) is 3. The maximum Gasteiger partial charge on any atom is 0.333 e. The van der Waals surface area contributed by atoms with Gasteiger partial charge in [-0.05, 0) is 37.6 Å². The Hall–Kier alpha value is -1.64. The molecule has 0 bridgehead atoms. The lowest BCUT2D eigenvalue weighted by atomic mass is 10.2. The van der Waals surface area contributed by atoms with Crippen LogP contribution in [-0.2, 0) is 14.8 Å². The van der Waals surface area contributed by atoms with E-state index < -0.39 is 28.6 Å². The first-order valence-electron chi connectivity index (χ1n) is 5.92. The smallest absolute Gasteiger partial charge is 0.333 e. The number of ether oxygens (including phenoxy) is 1. The summed E-state index contributed by atoms with van der Waals surface area (Å²) in [6.45, 7) is 3.40. The molecule has 0 saturated carbocycles. The molecule has 8 heteroatoms. The van der Waals surface area contributed by atoms with Gasteiger partial charge in [-0.2, -0.15) is 0 Å². The van der Waals surface area contributed by atoms with Gasteiger partial charge in [0.1, 0.15) is 5.75 Å². The fraction of sp³-hybridized carbons (Fsp3) is 0.417. The molecule has 0 unspecified atom stereocenters. The number of nitrogens with one attached hydrogen (secondary N) is 1. The van der Waals surface area contributed by atoms with E-state index in [0.717, 1.165) is 0 Å². The lowest BCUT2D eigenvalue weighted by Gasteiger charge is -2.11. The van der Waals surface area contributed by atoms with Crippen LogP contribution in [0.2, 0.25) is 0 Å². The summed E-state index contributed by atoms with van der Waals surface area (Å²) in [6, 6.07) is 4.30.